The summed E-state index contributed by atoms with van der Waals surface area (Å²) in [5.41, 5.74) is 4.60. The minimum atomic E-state index is 0.902. The third-order valence-corrected chi connectivity index (χ3v) is 4.44. The first kappa shape index (κ1) is 16.5. The maximum absolute atomic E-state index is 4.89. The molecule has 2 aromatic carbocycles. The van der Waals surface area contributed by atoms with Gasteiger partial charge in [0.1, 0.15) is 0 Å². The molecule has 24 heavy (non-hydrogen) atoms. The van der Waals surface area contributed by atoms with Gasteiger partial charge in [0.25, 0.3) is 0 Å². The van der Waals surface area contributed by atoms with E-state index in [1.807, 2.05) is 6.07 Å². The zero-order valence-electron chi connectivity index (χ0n) is 14.5. The molecule has 0 saturated heterocycles. The molecule has 0 unspecified atom stereocenters. The zero-order valence-corrected chi connectivity index (χ0v) is 14.5. The molecule has 0 aliphatic rings. The molecular weight excluding hydrogens is 294 g/mol. The monoisotopic (exact) mass is 319 g/mol. The van der Waals surface area contributed by atoms with Gasteiger partial charge < -0.3 is 4.90 Å². The van der Waals surface area contributed by atoms with Crippen LogP contribution in [0.15, 0.2) is 66.7 Å². The fourth-order valence-electron chi connectivity index (χ4n) is 2.95. The molecule has 0 aliphatic heterocycles. The summed E-state index contributed by atoms with van der Waals surface area (Å²) in [6.07, 6.45) is 0. The number of rotatable bonds is 7. The van der Waals surface area contributed by atoms with Gasteiger partial charge in [0.15, 0.2) is 0 Å². The molecule has 1 aromatic heterocycles. The Morgan fingerprint density at radius 3 is 2.00 bits per heavy atom. The summed E-state index contributed by atoms with van der Waals surface area (Å²) < 4.78 is 2.15. The molecule has 1 heterocycles. The quantitative estimate of drug-likeness (QED) is 0.636. The molecule has 0 fully saturated rings. The molecule has 0 radical (unpaired) electrons. The van der Waals surface area contributed by atoms with Crippen LogP contribution in [0.2, 0.25) is 0 Å². The van der Waals surface area contributed by atoms with Crippen molar-refractivity contribution in [2.75, 3.05) is 19.6 Å². The van der Waals surface area contributed by atoms with E-state index in [0.29, 0.717) is 0 Å². The second-order valence-corrected chi connectivity index (χ2v) is 5.90. The van der Waals surface area contributed by atoms with Crippen molar-refractivity contribution in [3.8, 4) is 22.5 Å². The Bertz CT molecular complexity index is 743. The van der Waals surface area contributed by atoms with E-state index in [9.17, 15) is 0 Å². The van der Waals surface area contributed by atoms with Crippen LogP contribution in [0.25, 0.3) is 22.5 Å². The number of aromatic nitrogens is 2. The van der Waals surface area contributed by atoms with E-state index < -0.39 is 0 Å². The highest BCUT2D eigenvalue weighted by molar-refractivity contribution is 5.68. The second kappa shape index (κ2) is 7.93. The number of nitrogens with zero attached hydrogens (tertiary/aromatic N) is 3. The van der Waals surface area contributed by atoms with Crippen molar-refractivity contribution < 1.29 is 0 Å². The van der Waals surface area contributed by atoms with Crippen LogP contribution in [0.4, 0.5) is 0 Å². The normalized spacial score (nSPS) is 11.1. The van der Waals surface area contributed by atoms with Crippen LogP contribution >= 0.6 is 0 Å². The maximum atomic E-state index is 4.89. The maximum Gasteiger partial charge on any atom is 0.0929 e. The third kappa shape index (κ3) is 3.74. The third-order valence-electron chi connectivity index (χ3n) is 4.44. The lowest BCUT2D eigenvalue weighted by atomic mass is 10.1. The summed E-state index contributed by atoms with van der Waals surface area (Å²) in [4.78, 5) is 2.43. The van der Waals surface area contributed by atoms with Crippen LogP contribution in [0, 0.1) is 0 Å². The Balaban J connectivity index is 1.94. The van der Waals surface area contributed by atoms with Crippen molar-refractivity contribution in [1.82, 2.24) is 14.7 Å². The lowest BCUT2D eigenvalue weighted by Gasteiger charge is -2.18. The Hall–Kier alpha value is -2.39. The van der Waals surface area contributed by atoms with E-state index in [0.717, 1.165) is 37.4 Å². The highest BCUT2D eigenvalue weighted by Crippen LogP contribution is 2.26. The van der Waals surface area contributed by atoms with Crippen molar-refractivity contribution in [2.24, 2.45) is 0 Å². The van der Waals surface area contributed by atoms with Gasteiger partial charge in [0.2, 0.25) is 0 Å². The zero-order chi connectivity index (χ0) is 16.8. The summed E-state index contributed by atoms with van der Waals surface area (Å²) in [6, 6.07) is 23.1. The van der Waals surface area contributed by atoms with Gasteiger partial charge in [0.05, 0.1) is 17.9 Å². The largest absolute Gasteiger partial charge is 0.302 e. The first-order valence-corrected chi connectivity index (χ1v) is 8.73. The molecule has 0 amide bonds. The molecule has 0 spiro atoms. The summed E-state index contributed by atoms with van der Waals surface area (Å²) in [5, 5.41) is 4.89. The molecule has 3 aromatic rings. The van der Waals surface area contributed by atoms with E-state index in [4.69, 9.17) is 5.10 Å². The minimum absolute atomic E-state index is 0.902. The molecule has 3 nitrogen and oxygen atoms in total. The molecule has 0 saturated carbocycles. The minimum Gasteiger partial charge on any atom is -0.302 e. The standard InChI is InChI=1S/C21H25N3/c1-3-23(4-2)15-16-24-21(19-13-9-6-10-14-19)17-20(22-24)18-11-7-5-8-12-18/h5-14,17H,3-4,15-16H2,1-2H3. The van der Waals surface area contributed by atoms with Crippen LogP contribution in [0.5, 0.6) is 0 Å². The summed E-state index contributed by atoms with van der Waals surface area (Å²) in [6.45, 7) is 8.48. The van der Waals surface area contributed by atoms with E-state index in [1.54, 1.807) is 0 Å². The first-order chi connectivity index (χ1) is 11.8. The molecule has 0 aliphatic carbocycles. The van der Waals surface area contributed by atoms with Crippen LogP contribution in [0.3, 0.4) is 0 Å². The fraction of sp³-hybridized carbons (Fsp3) is 0.286. The topological polar surface area (TPSA) is 21.1 Å². The molecule has 0 N–H and O–H groups in total. The average molecular weight is 319 g/mol. The Labute approximate surface area is 144 Å². The van der Waals surface area contributed by atoms with Gasteiger partial charge in [-0.1, -0.05) is 74.5 Å². The van der Waals surface area contributed by atoms with E-state index >= 15 is 0 Å². The highest BCUT2D eigenvalue weighted by Gasteiger charge is 2.12. The molecule has 3 heteroatoms. The molecule has 0 bridgehead atoms. The van der Waals surface area contributed by atoms with E-state index in [-0.39, 0.29) is 0 Å². The van der Waals surface area contributed by atoms with Gasteiger partial charge in [-0.15, -0.1) is 0 Å². The number of hydrogen-bond donors (Lipinski definition) is 0. The predicted octanol–water partition coefficient (Wildman–Crippen LogP) is 4.56. The van der Waals surface area contributed by atoms with Gasteiger partial charge in [-0.3, -0.25) is 4.68 Å². The van der Waals surface area contributed by atoms with Crippen molar-refractivity contribution >= 4 is 0 Å². The Morgan fingerprint density at radius 1 is 0.833 bits per heavy atom. The predicted molar refractivity (Wildman–Crippen MR) is 101 cm³/mol. The van der Waals surface area contributed by atoms with Crippen LogP contribution in [-0.2, 0) is 6.54 Å². The fourth-order valence-corrected chi connectivity index (χ4v) is 2.95. The number of likely N-dealkylation sites (N-methyl/N-ethyl adjacent to an activating group) is 1. The van der Waals surface area contributed by atoms with Crippen molar-refractivity contribution in [2.45, 2.75) is 20.4 Å². The summed E-state index contributed by atoms with van der Waals surface area (Å²) >= 11 is 0. The van der Waals surface area contributed by atoms with E-state index in [1.165, 1.54) is 11.3 Å². The van der Waals surface area contributed by atoms with Crippen LogP contribution in [0.1, 0.15) is 13.8 Å². The Morgan fingerprint density at radius 2 is 1.42 bits per heavy atom. The van der Waals surface area contributed by atoms with Crippen LogP contribution in [-0.4, -0.2) is 34.3 Å². The summed E-state index contributed by atoms with van der Waals surface area (Å²) in [7, 11) is 0. The molecule has 3 rings (SSSR count). The smallest absolute Gasteiger partial charge is 0.0929 e. The lowest BCUT2D eigenvalue weighted by Crippen LogP contribution is -2.27. The van der Waals surface area contributed by atoms with Crippen LogP contribution < -0.4 is 0 Å². The van der Waals surface area contributed by atoms with Gasteiger partial charge in [0, 0.05) is 12.1 Å². The number of benzene rings is 2. The lowest BCUT2D eigenvalue weighted by molar-refractivity contribution is 0.286. The first-order valence-electron chi connectivity index (χ1n) is 8.73. The van der Waals surface area contributed by atoms with Gasteiger partial charge in [-0.25, -0.2) is 0 Å². The Kier molecular flexibility index (Phi) is 5.44. The molecule has 0 atom stereocenters. The van der Waals surface area contributed by atoms with Crippen molar-refractivity contribution in [3.05, 3.63) is 66.7 Å². The molecular formula is C21H25N3. The second-order valence-electron chi connectivity index (χ2n) is 5.90. The molecule has 124 valence electrons. The van der Waals surface area contributed by atoms with Gasteiger partial charge in [-0.2, -0.15) is 5.10 Å². The van der Waals surface area contributed by atoms with Crippen molar-refractivity contribution in [3.63, 3.8) is 0 Å². The van der Waals surface area contributed by atoms with Gasteiger partial charge in [-0.05, 0) is 24.7 Å². The van der Waals surface area contributed by atoms with E-state index in [2.05, 4.69) is 84.1 Å². The SMILES string of the molecule is CCN(CC)CCn1nc(-c2ccccc2)cc1-c1ccccc1. The average Bonchev–Trinajstić information content (AvgIpc) is 3.08. The number of hydrogen-bond acceptors (Lipinski definition) is 2. The van der Waals surface area contributed by atoms with Crippen molar-refractivity contribution in [1.29, 1.82) is 0 Å². The van der Waals surface area contributed by atoms with Gasteiger partial charge >= 0.3 is 0 Å². The summed E-state index contributed by atoms with van der Waals surface area (Å²) in [5.74, 6) is 0. The highest BCUT2D eigenvalue weighted by atomic mass is 15.3.